The average molecular weight is 453 g/mol. The summed E-state index contributed by atoms with van der Waals surface area (Å²) in [7, 11) is 0. The predicted molar refractivity (Wildman–Crippen MR) is 122 cm³/mol. The number of anilines is 2. The van der Waals surface area contributed by atoms with Gasteiger partial charge < -0.3 is 20.3 Å². The maximum Gasteiger partial charge on any atom is 0.228 e. The fourth-order valence-electron chi connectivity index (χ4n) is 3.74. The first-order valence-corrected chi connectivity index (χ1v) is 10.8. The van der Waals surface area contributed by atoms with E-state index in [2.05, 4.69) is 32.4 Å². The topological polar surface area (TPSA) is 79.4 Å². The largest absolute Gasteiger partial charge is 0.439 e. The van der Waals surface area contributed by atoms with Crippen molar-refractivity contribution in [3.63, 3.8) is 0 Å². The Kier molecular flexibility index (Phi) is 7.09. The summed E-state index contributed by atoms with van der Waals surface area (Å²) in [6.07, 6.45) is 2.30. The smallest absolute Gasteiger partial charge is 0.228 e. The number of ether oxygens (including phenoxy) is 1. The second-order valence-corrected chi connectivity index (χ2v) is 7.76. The lowest BCUT2D eigenvalue weighted by Gasteiger charge is -2.36. The Morgan fingerprint density at radius 2 is 2.00 bits per heavy atom. The van der Waals surface area contributed by atoms with E-state index in [0.29, 0.717) is 23.4 Å². The molecule has 0 bridgehead atoms. The van der Waals surface area contributed by atoms with Crippen molar-refractivity contribution in [2.75, 3.05) is 29.9 Å². The summed E-state index contributed by atoms with van der Waals surface area (Å²) in [6, 6.07) is 12.1. The fraction of sp³-hybridized carbons (Fsp3) is 0.292. The number of nitrogens with one attached hydrogen (secondary N) is 2. The van der Waals surface area contributed by atoms with Crippen LogP contribution in [0.3, 0.4) is 0 Å². The number of benzene rings is 2. The molecule has 1 amide bonds. The number of piperazine rings is 1. The van der Waals surface area contributed by atoms with Crippen molar-refractivity contribution in [3.8, 4) is 11.6 Å². The van der Waals surface area contributed by atoms with Crippen LogP contribution >= 0.6 is 0 Å². The van der Waals surface area contributed by atoms with Crippen LogP contribution in [0.5, 0.6) is 11.6 Å². The molecule has 9 heteroatoms. The van der Waals surface area contributed by atoms with Crippen molar-refractivity contribution < 1.29 is 18.3 Å². The third-order valence-electron chi connectivity index (χ3n) is 5.47. The lowest BCUT2D eigenvalue weighted by atomic mass is 10.1. The van der Waals surface area contributed by atoms with Gasteiger partial charge in [0.1, 0.15) is 29.5 Å². The second kappa shape index (κ2) is 10.4. The molecule has 7 nitrogen and oxygen atoms in total. The summed E-state index contributed by atoms with van der Waals surface area (Å²) in [5.74, 6) is -0.0294. The van der Waals surface area contributed by atoms with Gasteiger partial charge in [-0.1, -0.05) is 13.0 Å². The van der Waals surface area contributed by atoms with E-state index in [-0.39, 0.29) is 12.0 Å². The molecule has 2 heterocycles. The van der Waals surface area contributed by atoms with Gasteiger partial charge in [0, 0.05) is 43.5 Å². The standard InChI is InChI=1S/C24H25F2N5O2/c1-2-19-14-27-9-10-31(19)22-13-24(29-15-28-22)33-20-7-5-18(6-8-20)30-23(32)11-16-3-4-17(25)12-21(16)26/h3-8,12-13,15,19,27H,2,9-11,14H2,1H3,(H,30,32)/t19-/m0/s1. The number of rotatable bonds is 7. The number of amides is 1. The van der Waals surface area contributed by atoms with Crippen LogP contribution in [0.25, 0.3) is 0 Å². The molecule has 2 N–H and O–H groups in total. The number of hydrogen-bond acceptors (Lipinski definition) is 6. The normalized spacial score (nSPS) is 15.8. The molecule has 1 aromatic heterocycles. The van der Waals surface area contributed by atoms with Gasteiger partial charge in [0.05, 0.1) is 6.42 Å². The molecular formula is C24H25F2N5O2. The molecular weight excluding hydrogens is 428 g/mol. The van der Waals surface area contributed by atoms with Gasteiger partial charge in [-0.15, -0.1) is 0 Å². The van der Waals surface area contributed by atoms with Crippen LogP contribution in [0.4, 0.5) is 20.3 Å². The van der Waals surface area contributed by atoms with Crippen LogP contribution in [-0.2, 0) is 11.2 Å². The molecule has 3 aromatic rings. The van der Waals surface area contributed by atoms with E-state index < -0.39 is 17.5 Å². The molecule has 1 atom stereocenters. The van der Waals surface area contributed by atoms with Gasteiger partial charge in [-0.3, -0.25) is 4.79 Å². The Labute approximate surface area is 190 Å². The summed E-state index contributed by atoms with van der Waals surface area (Å²) >= 11 is 0. The minimum absolute atomic E-state index is 0.128. The van der Waals surface area contributed by atoms with Crippen molar-refractivity contribution in [2.24, 2.45) is 0 Å². The maximum atomic E-state index is 13.7. The van der Waals surface area contributed by atoms with Crippen LogP contribution in [0.2, 0.25) is 0 Å². The molecule has 33 heavy (non-hydrogen) atoms. The lowest BCUT2D eigenvalue weighted by molar-refractivity contribution is -0.115. The Balaban J connectivity index is 1.37. The zero-order valence-corrected chi connectivity index (χ0v) is 18.2. The fourth-order valence-corrected chi connectivity index (χ4v) is 3.74. The molecule has 4 rings (SSSR count). The van der Waals surface area contributed by atoms with Gasteiger partial charge in [-0.25, -0.2) is 18.7 Å². The summed E-state index contributed by atoms with van der Waals surface area (Å²) in [6.45, 7) is 4.83. The molecule has 172 valence electrons. The van der Waals surface area contributed by atoms with E-state index in [4.69, 9.17) is 4.74 Å². The highest BCUT2D eigenvalue weighted by Crippen LogP contribution is 2.25. The zero-order chi connectivity index (χ0) is 23.2. The maximum absolute atomic E-state index is 13.7. The van der Waals surface area contributed by atoms with E-state index in [1.165, 1.54) is 12.4 Å². The minimum Gasteiger partial charge on any atom is -0.439 e. The van der Waals surface area contributed by atoms with Gasteiger partial charge in [0.15, 0.2) is 0 Å². The highest BCUT2D eigenvalue weighted by atomic mass is 19.1. The van der Waals surface area contributed by atoms with Gasteiger partial charge in [-0.2, -0.15) is 0 Å². The number of carbonyl (C=O) groups is 1. The molecule has 0 unspecified atom stereocenters. The quantitative estimate of drug-likeness (QED) is 0.565. The Hall–Kier alpha value is -3.59. The Bertz CT molecular complexity index is 1110. The summed E-state index contributed by atoms with van der Waals surface area (Å²) in [5.41, 5.74) is 0.660. The third-order valence-corrected chi connectivity index (χ3v) is 5.47. The second-order valence-electron chi connectivity index (χ2n) is 7.76. The molecule has 2 aromatic carbocycles. The van der Waals surface area contributed by atoms with Crippen molar-refractivity contribution in [1.29, 1.82) is 0 Å². The predicted octanol–water partition coefficient (Wildman–Crippen LogP) is 3.92. The Morgan fingerprint density at radius 3 is 2.76 bits per heavy atom. The molecule has 0 aliphatic carbocycles. The van der Waals surface area contributed by atoms with Crippen LogP contribution < -0.4 is 20.3 Å². The van der Waals surface area contributed by atoms with E-state index >= 15 is 0 Å². The van der Waals surface area contributed by atoms with Crippen LogP contribution in [-0.4, -0.2) is 41.6 Å². The number of aromatic nitrogens is 2. The lowest BCUT2D eigenvalue weighted by Crippen LogP contribution is -2.51. The zero-order valence-electron chi connectivity index (χ0n) is 18.2. The van der Waals surface area contributed by atoms with Crippen LogP contribution in [0.1, 0.15) is 18.9 Å². The number of carbonyl (C=O) groups excluding carboxylic acids is 1. The summed E-state index contributed by atoms with van der Waals surface area (Å²) in [5, 5.41) is 6.09. The van der Waals surface area contributed by atoms with Crippen LogP contribution in [0, 0.1) is 11.6 Å². The van der Waals surface area contributed by atoms with Crippen LogP contribution in [0.15, 0.2) is 54.9 Å². The van der Waals surface area contributed by atoms with Gasteiger partial charge >= 0.3 is 0 Å². The number of hydrogen-bond donors (Lipinski definition) is 2. The SMILES string of the molecule is CC[C@H]1CNCCN1c1cc(Oc2ccc(NC(=O)Cc3ccc(F)cc3F)cc2)ncn1. The van der Waals surface area contributed by atoms with Gasteiger partial charge in [0.2, 0.25) is 11.8 Å². The van der Waals surface area contributed by atoms with Crippen molar-refractivity contribution in [2.45, 2.75) is 25.8 Å². The van der Waals surface area contributed by atoms with Crippen molar-refractivity contribution in [1.82, 2.24) is 15.3 Å². The third kappa shape index (κ3) is 5.81. The molecule has 0 spiro atoms. The summed E-state index contributed by atoms with van der Waals surface area (Å²) < 4.78 is 32.6. The van der Waals surface area contributed by atoms with E-state index in [1.807, 2.05) is 6.07 Å². The highest BCUT2D eigenvalue weighted by Gasteiger charge is 2.22. The summed E-state index contributed by atoms with van der Waals surface area (Å²) in [4.78, 5) is 23.1. The first kappa shape index (κ1) is 22.6. The molecule has 0 saturated carbocycles. The minimum atomic E-state index is -0.746. The number of nitrogens with zero attached hydrogens (tertiary/aromatic N) is 3. The molecule has 1 aliphatic rings. The molecule has 0 radical (unpaired) electrons. The highest BCUT2D eigenvalue weighted by molar-refractivity contribution is 5.92. The Morgan fingerprint density at radius 1 is 1.18 bits per heavy atom. The first-order chi connectivity index (χ1) is 16.0. The molecule has 1 saturated heterocycles. The van der Waals surface area contributed by atoms with Crippen molar-refractivity contribution in [3.05, 3.63) is 72.1 Å². The monoisotopic (exact) mass is 453 g/mol. The van der Waals surface area contributed by atoms with E-state index in [1.54, 1.807) is 24.3 Å². The average Bonchev–Trinajstić information content (AvgIpc) is 2.82. The van der Waals surface area contributed by atoms with E-state index in [0.717, 1.165) is 44.0 Å². The molecule has 1 fully saturated rings. The first-order valence-electron chi connectivity index (χ1n) is 10.8. The van der Waals surface area contributed by atoms with Gasteiger partial charge in [0.25, 0.3) is 0 Å². The van der Waals surface area contributed by atoms with E-state index in [9.17, 15) is 13.6 Å². The molecule has 1 aliphatic heterocycles. The number of halogens is 2. The van der Waals surface area contributed by atoms with Crippen molar-refractivity contribution >= 4 is 17.4 Å². The van der Waals surface area contributed by atoms with Gasteiger partial charge in [-0.05, 0) is 42.3 Å².